The SMILES string of the molecule is CC(C)CCOc1ccccc1C(=O)Nc1ccc(F)c(Cl)c1. The maximum atomic E-state index is 13.2. The third-order valence-corrected chi connectivity index (χ3v) is 3.55. The van der Waals surface area contributed by atoms with Crippen LogP contribution in [0.3, 0.4) is 0 Å². The average molecular weight is 336 g/mol. The molecule has 0 bridgehead atoms. The molecule has 2 rings (SSSR count). The van der Waals surface area contributed by atoms with Crippen molar-refractivity contribution in [1.29, 1.82) is 0 Å². The van der Waals surface area contributed by atoms with Gasteiger partial charge in [0.15, 0.2) is 0 Å². The summed E-state index contributed by atoms with van der Waals surface area (Å²) in [5.41, 5.74) is 0.857. The van der Waals surface area contributed by atoms with Gasteiger partial charge in [-0.1, -0.05) is 37.6 Å². The van der Waals surface area contributed by atoms with Gasteiger partial charge in [-0.25, -0.2) is 4.39 Å². The Morgan fingerprint density at radius 1 is 1.26 bits per heavy atom. The molecule has 1 amide bonds. The van der Waals surface area contributed by atoms with Crippen LogP contribution >= 0.6 is 11.6 Å². The van der Waals surface area contributed by atoms with Crippen LogP contribution in [0.25, 0.3) is 0 Å². The van der Waals surface area contributed by atoms with E-state index in [0.29, 0.717) is 29.5 Å². The topological polar surface area (TPSA) is 38.3 Å². The zero-order chi connectivity index (χ0) is 16.8. The Morgan fingerprint density at radius 3 is 2.70 bits per heavy atom. The molecule has 0 heterocycles. The van der Waals surface area contributed by atoms with Gasteiger partial charge >= 0.3 is 0 Å². The van der Waals surface area contributed by atoms with Crippen LogP contribution in [0.1, 0.15) is 30.6 Å². The first-order valence-corrected chi connectivity index (χ1v) is 7.83. The molecule has 0 saturated carbocycles. The summed E-state index contributed by atoms with van der Waals surface area (Å²) in [4.78, 5) is 12.4. The number of hydrogen-bond acceptors (Lipinski definition) is 2. The van der Waals surface area contributed by atoms with E-state index in [1.54, 1.807) is 18.2 Å². The number of carbonyl (C=O) groups excluding carboxylic acids is 1. The zero-order valence-corrected chi connectivity index (χ0v) is 13.9. The number of hydrogen-bond donors (Lipinski definition) is 1. The van der Waals surface area contributed by atoms with E-state index in [-0.39, 0.29) is 10.9 Å². The Bertz CT molecular complexity index is 688. The van der Waals surface area contributed by atoms with Crippen LogP contribution in [-0.2, 0) is 0 Å². The molecule has 1 N–H and O–H groups in total. The average Bonchev–Trinajstić information content (AvgIpc) is 2.51. The molecule has 0 unspecified atom stereocenters. The Labute approximate surface area is 140 Å². The number of rotatable bonds is 6. The van der Waals surface area contributed by atoms with Crippen LogP contribution in [0.15, 0.2) is 42.5 Å². The molecule has 0 spiro atoms. The molecule has 0 fully saturated rings. The largest absolute Gasteiger partial charge is 0.493 e. The zero-order valence-electron chi connectivity index (χ0n) is 13.1. The van der Waals surface area contributed by atoms with Crippen LogP contribution < -0.4 is 10.1 Å². The Morgan fingerprint density at radius 2 is 2.00 bits per heavy atom. The van der Waals surface area contributed by atoms with E-state index in [4.69, 9.17) is 16.3 Å². The Hall–Kier alpha value is -2.07. The van der Waals surface area contributed by atoms with Gasteiger partial charge in [-0.3, -0.25) is 4.79 Å². The molecule has 2 aromatic rings. The van der Waals surface area contributed by atoms with Gasteiger partial charge in [-0.15, -0.1) is 0 Å². The van der Waals surface area contributed by atoms with Gasteiger partial charge in [0.25, 0.3) is 5.91 Å². The molecule has 0 radical (unpaired) electrons. The van der Waals surface area contributed by atoms with E-state index in [0.717, 1.165) is 6.42 Å². The van der Waals surface area contributed by atoms with Crippen LogP contribution in [0.5, 0.6) is 5.75 Å². The van der Waals surface area contributed by atoms with Crippen molar-refractivity contribution in [1.82, 2.24) is 0 Å². The molecule has 3 nitrogen and oxygen atoms in total. The lowest BCUT2D eigenvalue weighted by Crippen LogP contribution is -2.14. The lowest BCUT2D eigenvalue weighted by molar-refractivity contribution is 0.102. The molecule has 0 atom stereocenters. The van der Waals surface area contributed by atoms with Crippen molar-refractivity contribution >= 4 is 23.2 Å². The number of carbonyl (C=O) groups is 1. The molecule has 0 aromatic heterocycles. The maximum absolute atomic E-state index is 13.2. The highest BCUT2D eigenvalue weighted by atomic mass is 35.5. The van der Waals surface area contributed by atoms with Gasteiger partial charge in [0.05, 0.1) is 17.2 Å². The lowest BCUT2D eigenvalue weighted by atomic mass is 10.1. The summed E-state index contributed by atoms with van der Waals surface area (Å²) in [6.07, 6.45) is 0.906. The normalized spacial score (nSPS) is 10.7. The van der Waals surface area contributed by atoms with Gasteiger partial charge in [0, 0.05) is 5.69 Å². The van der Waals surface area contributed by atoms with Gasteiger partial charge in [-0.2, -0.15) is 0 Å². The first-order chi connectivity index (χ1) is 11.0. The summed E-state index contributed by atoms with van der Waals surface area (Å²) in [5.74, 6) is 0.200. The minimum absolute atomic E-state index is 0.0377. The van der Waals surface area contributed by atoms with Crippen LogP contribution in [0.2, 0.25) is 5.02 Å². The number of ether oxygens (including phenoxy) is 1. The van der Waals surface area contributed by atoms with E-state index in [2.05, 4.69) is 19.2 Å². The number of halogens is 2. The van der Waals surface area contributed by atoms with Crippen molar-refractivity contribution in [3.63, 3.8) is 0 Å². The minimum atomic E-state index is -0.526. The molecule has 23 heavy (non-hydrogen) atoms. The van der Waals surface area contributed by atoms with Gasteiger partial charge in [-0.05, 0) is 42.7 Å². The molecule has 5 heteroatoms. The number of nitrogens with one attached hydrogen (secondary N) is 1. The van der Waals surface area contributed by atoms with E-state index < -0.39 is 5.82 Å². The van der Waals surface area contributed by atoms with E-state index in [1.165, 1.54) is 18.2 Å². The first-order valence-electron chi connectivity index (χ1n) is 7.45. The highest BCUT2D eigenvalue weighted by Crippen LogP contribution is 2.23. The third-order valence-electron chi connectivity index (χ3n) is 3.26. The third kappa shape index (κ3) is 4.96. The predicted octanol–water partition coefficient (Wildman–Crippen LogP) is 5.16. The van der Waals surface area contributed by atoms with Gasteiger partial charge in [0.1, 0.15) is 11.6 Å². The van der Waals surface area contributed by atoms with Crippen molar-refractivity contribution in [2.75, 3.05) is 11.9 Å². The molecule has 0 aliphatic carbocycles. The number of amides is 1. The molecule has 0 aliphatic rings. The van der Waals surface area contributed by atoms with Crippen molar-refractivity contribution in [2.24, 2.45) is 5.92 Å². The van der Waals surface area contributed by atoms with Crippen molar-refractivity contribution < 1.29 is 13.9 Å². The second-order valence-electron chi connectivity index (χ2n) is 5.61. The summed E-state index contributed by atoms with van der Waals surface area (Å²) in [5, 5.41) is 2.66. The second kappa shape index (κ2) is 7.97. The van der Waals surface area contributed by atoms with Crippen molar-refractivity contribution in [3.8, 4) is 5.75 Å². The first kappa shape index (κ1) is 17.3. The summed E-state index contributed by atoms with van der Waals surface area (Å²) in [7, 11) is 0. The summed E-state index contributed by atoms with van der Waals surface area (Å²) in [6, 6.07) is 11.1. The highest BCUT2D eigenvalue weighted by Gasteiger charge is 2.13. The molecule has 0 aliphatic heterocycles. The summed E-state index contributed by atoms with van der Waals surface area (Å²) in [6.45, 7) is 4.77. The van der Waals surface area contributed by atoms with E-state index in [1.807, 2.05) is 6.07 Å². The van der Waals surface area contributed by atoms with E-state index >= 15 is 0 Å². The maximum Gasteiger partial charge on any atom is 0.259 e. The smallest absolute Gasteiger partial charge is 0.259 e. The Kier molecular flexibility index (Phi) is 5.99. The highest BCUT2D eigenvalue weighted by molar-refractivity contribution is 6.31. The van der Waals surface area contributed by atoms with Crippen LogP contribution in [0.4, 0.5) is 10.1 Å². The fourth-order valence-electron chi connectivity index (χ4n) is 1.96. The van der Waals surface area contributed by atoms with Crippen LogP contribution in [0, 0.1) is 11.7 Å². The lowest BCUT2D eigenvalue weighted by Gasteiger charge is -2.12. The second-order valence-corrected chi connectivity index (χ2v) is 6.02. The fraction of sp³-hybridized carbons (Fsp3) is 0.278. The van der Waals surface area contributed by atoms with Gasteiger partial charge in [0.2, 0.25) is 0 Å². The standard InChI is InChI=1S/C18H19ClFNO2/c1-12(2)9-10-23-17-6-4-3-5-14(17)18(22)21-13-7-8-16(20)15(19)11-13/h3-8,11-12H,9-10H2,1-2H3,(H,21,22). The predicted molar refractivity (Wildman–Crippen MR) is 90.8 cm³/mol. The monoisotopic (exact) mass is 335 g/mol. The van der Waals surface area contributed by atoms with E-state index in [9.17, 15) is 9.18 Å². The van der Waals surface area contributed by atoms with Crippen molar-refractivity contribution in [2.45, 2.75) is 20.3 Å². The minimum Gasteiger partial charge on any atom is -0.493 e. The molecule has 122 valence electrons. The quantitative estimate of drug-likeness (QED) is 0.792. The number of benzene rings is 2. The summed E-state index contributed by atoms with van der Waals surface area (Å²) >= 11 is 5.72. The van der Waals surface area contributed by atoms with Crippen molar-refractivity contribution in [3.05, 3.63) is 58.9 Å². The molecular weight excluding hydrogens is 317 g/mol. The number of anilines is 1. The van der Waals surface area contributed by atoms with Gasteiger partial charge < -0.3 is 10.1 Å². The molecular formula is C18H19ClFNO2. The fourth-order valence-corrected chi connectivity index (χ4v) is 2.14. The van der Waals surface area contributed by atoms with Crippen LogP contribution in [-0.4, -0.2) is 12.5 Å². The number of para-hydroxylation sites is 1. The summed E-state index contributed by atoms with van der Waals surface area (Å²) < 4.78 is 18.9. The molecule has 0 saturated heterocycles. The Balaban J connectivity index is 2.10. The molecule has 2 aromatic carbocycles.